The molecule has 1 atom stereocenters. The van der Waals surface area contributed by atoms with E-state index in [1.165, 1.54) is 5.56 Å². The van der Waals surface area contributed by atoms with Crippen molar-refractivity contribution in [2.75, 3.05) is 6.61 Å². The SMILES string of the molecule is CCC(NC(=O)CCCO)c1ccc(C)cc1. The molecule has 0 bridgehead atoms. The Kier molecular flexibility index (Phi) is 5.70. The lowest BCUT2D eigenvalue weighted by molar-refractivity contribution is -0.122. The first-order valence-electron chi connectivity index (χ1n) is 6.14. The second-order valence-electron chi connectivity index (χ2n) is 4.27. The van der Waals surface area contributed by atoms with Crippen molar-refractivity contribution in [2.24, 2.45) is 0 Å². The zero-order chi connectivity index (χ0) is 12.7. The molecule has 0 heterocycles. The third kappa shape index (κ3) is 4.57. The van der Waals surface area contributed by atoms with Crippen LogP contribution >= 0.6 is 0 Å². The highest BCUT2D eigenvalue weighted by molar-refractivity contribution is 5.76. The molecule has 1 aromatic carbocycles. The summed E-state index contributed by atoms with van der Waals surface area (Å²) in [5.41, 5.74) is 2.35. The van der Waals surface area contributed by atoms with Gasteiger partial charge >= 0.3 is 0 Å². The van der Waals surface area contributed by atoms with Crippen LogP contribution in [0.15, 0.2) is 24.3 Å². The van der Waals surface area contributed by atoms with Crippen LogP contribution in [-0.4, -0.2) is 17.6 Å². The lowest BCUT2D eigenvalue weighted by atomic mass is 10.0. The maximum atomic E-state index is 11.6. The number of nitrogens with one attached hydrogen (secondary N) is 1. The number of hydrogen-bond donors (Lipinski definition) is 2. The summed E-state index contributed by atoms with van der Waals surface area (Å²) in [6.07, 6.45) is 1.78. The van der Waals surface area contributed by atoms with E-state index in [0.717, 1.165) is 12.0 Å². The van der Waals surface area contributed by atoms with E-state index in [1.54, 1.807) is 0 Å². The summed E-state index contributed by atoms with van der Waals surface area (Å²) in [7, 11) is 0. The van der Waals surface area contributed by atoms with Gasteiger partial charge < -0.3 is 10.4 Å². The molecule has 94 valence electrons. The van der Waals surface area contributed by atoms with Crippen LogP contribution in [0.4, 0.5) is 0 Å². The van der Waals surface area contributed by atoms with Gasteiger partial charge in [-0.1, -0.05) is 36.8 Å². The van der Waals surface area contributed by atoms with Crippen molar-refractivity contribution in [3.63, 3.8) is 0 Å². The molecule has 17 heavy (non-hydrogen) atoms. The molecular weight excluding hydrogens is 214 g/mol. The second kappa shape index (κ2) is 7.07. The Labute approximate surface area is 103 Å². The summed E-state index contributed by atoms with van der Waals surface area (Å²) in [5, 5.41) is 11.7. The van der Waals surface area contributed by atoms with Gasteiger partial charge in [-0.2, -0.15) is 0 Å². The van der Waals surface area contributed by atoms with Gasteiger partial charge in [-0.3, -0.25) is 4.79 Å². The molecule has 0 aliphatic rings. The summed E-state index contributed by atoms with van der Waals surface area (Å²) in [5.74, 6) is 0.00600. The van der Waals surface area contributed by atoms with E-state index in [9.17, 15) is 4.79 Å². The molecule has 3 nitrogen and oxygen atoms in total. The van der Waals surface area contributed by atoms with Crippen LogP contribution in [0.25, 0.3) is 0 Å². The largest absolute Gasteiger partial charge is 0.396 e. The Hall–Kier alpha value is -1.35. The third-order valence-electron chi connectivity index (χ3n) is 2.79. The standard InChI is InChI=1S/C14H21NO2/c1-3-13(15-14(17)5-4-10-16)12-8-6-11(2)7-9-12/h6-9,13,16H,3-5,10H2,1-2H3,(H,15,17). The van der Waals surface area contributed by atoms with Gasteiger partial charge in [-0.15, -0.1) is 0 Å². The van der Waals surface area contributed by atoms with Crippen molar-refractivity contribution >= 4 is 5.91 Å². The number of aliphatic hydroxyl groups is 1. The Morgan fingerprint density at radius 1 is 1.35 bits per heavy atom. The molecule has 1 aromatic rings. The Bertz CT molecular complexity index is 346. The van der Waals surface area contributed by atoms with Gasteiger partial charge in [0.15, 0.2) is 0 Å². The van der Waals surface area contributed by atoms with Gasteiger partial charge in [0.05, 0.1) is 6.04 Å². The van der Waals surface area contributed by atoms with E-state index < -0.39 is 0 Å². The first-order valence-corrected chi connectivity index (χ1v) is 6.14. The second-order valence-corrected chi connectivity index (χ2v) is 4.27. The maximum absolute atomic E-state index is 11.6. The van der Waals surface area contributed by atoms with Crippen LogP contribution in [0.1, 0.15) is 43.4 Å². The van der Waals surface area contributed by atoms with Crippen LogP contribution in [0, 0.1) is 6.92 Å². The average Bonchev–Trinajstić information content (AvgIpc) is 2.34. The monoisotopic (exact) mass is 235 g/mol. The zero-order valence-corrected chi connectivity index (χ0v) is 10.6. The first kappa shape index (κ1) is 13.7. The third-order valence-corrected chi connectivity index (χ3v) is 2.79. The molecule has 0 saturated carbocycles. The number of amides is 1. The fourth-order valence-electron chi connectivity index (χ4n) is 1.73. The number of hydrogen-bond acceptors (Lipinski definition) is 2. The van der Waals surface area contributed by atoms with E-state index in [0.29, 0.717) is 12.8 Å². The molecular formula is C14H21NO2. The predicted octanol–water partition coefficient (Wildman–Crippen LogP) is 2.33. The first-order chi connectivity index (χ1) is 8.17. The van der Waals surface area contributed by atoms with Gasteiger partial charge in [0.25, 0.3) is 0 Å². The predicted molar refractivity (Wildman–Crippen MR) is 68.7 cm³/mol. The Morgan fingerprint density at radius 3 is 2.53 bits per heavy atom. The minimum atomic E-state index is 0.00600. The van der Waals surface area contributed by atoms with Crippen molar-refractivity contribution in [2.45, 2.75) is 39.2 Å². The lowest BCUT2D eigenvalue weighted by Gasteiger charge is -2.17. The number of aryl methyl sites for hydroxylation is 1. The molecule has 0 fully saturated rings. The number of aliphatic hydroxyl groups excluding tert-OH is 1. The summed E-state index contributed by atoms with van der Waals surface area (Å²) < 4.78 is 0. The van der Waals surface area contributed by atoms with Crippen LogP contribution < -0.4 is 5.32 Å². The minimum absolute atomic E-state index is 0.00600. The van der Waals surface area contributed by atoms with Gasteiger partial charge in [-0.25, -0.2) is 0 Å². The van der Waals surface area contributed by atoms with E-state index >= 15 is 0 Å². The number of carbonyl (C=O) groups is 1. The van der Waals surface area contributed by atoms with Gasteiger partial charge in [0.1, 0.15) is 0 Å². The van der Waals surface area contributed by atoms with E-state index in [1.807, 2.05) is 6.92 Å². The van der Waals surface area contributed by atoms with Crippen LogP contribution in [-0.2, 0) is 4.79 Å². The molecule has 1 unspecified atom stereocenters. The lowest BCUT2D eigenvalue weighted by Crippen LogP contribution is -2.28. The van der Waals surface area contributed by atoms with Crippen LogP contribution in [0.5, 0.6) is 0 Å². The normalized spacial score (nSPS) is 12.2. The zero-order valence-electron chi connectivity index (χ0n) is 10.6. The number of rotatable bonds is 6. The fourth-order valence-corrected chi connectivity index (χ4v) is 1.73. The van der Waals surface area contributed by atoms with Gasteiger partial charge in [0, 0.05) is 13.0 Å². The highest BCUT2D eigenvalue weighted by atomic mass is 16.3. The number of carbonyl (C=O) groups excluding carboxylic acids is 1. The summed E-state index contributed by atoms with van der Waals surface area (Å²) >= 11 is 0. The van der Waals surface area contributed by atoms with Crippen molar-refractivity contribution < 1.29 is 9.90 Å². The summed E-state index contributed by atoms with van der Waals surface area (Å²) in [6, 6.07) is 8.28. The quantitative estimate of drug-likeness (QED) is 0.795. The summed E-state index contributed by atoms with van der Waals surface area (Å²) in [4.78, 5) is 11.6. The van der Waals surface area contributed by atoms with Crippen molar-refractivity contribution in [3.8, 4) is 0 Å². The maximum Gasteiger partial charge on any atom is 0.220 e. The highest BCUT2D eigenvalue weighted by Gasteiger charge is 2.11. The van der Waals surface area contributed by atoms with Gasteiger partial charge in [-0.05, 0) is 25.3 Å². The summed E-state index contributed by atoms with van der Waals surface area (Å²) in [6.45, 7) is 4.16. The Morgan fingerprint density at radius 2 is 2.00 bits per heavy atom. The van der Waals surface area contributed by atoms with E-state index in [4.69, 9.17) is 5.11 Å². The average molecular weight is 235 g/mol. The number of benzene rings is 1. The van der Waals surface area contributed by atoms with Crippen LogP contribution in [0.3, 0.4) is 0 Å². The molecule has 0 radical (unpaired) electrons. The molecule has 0 aliphatic heterocycles. The van der Waals surface area contributed by atoms with Crippen molar-refractivity contribution in [1.29, 1.82) is 0 Å². The molecule has 0 saturated heterocycles. The fraction of sp³-hybridized carbons (Fsp3) is 0.500. The molecule has 3 heteroatoms. The van der Waals surface area contributed by atoms with Crippen LogP contribution in [0.2, 0.25) is 0 Å². The van der Waals surface area contributed by atoms with Crippen molar-refractivity contribution in [3.05, 3.63) is 35.4 Å². The Balaban J connectivity index is 2.59. The molecule has 1 amide bonds. The topological polar surface area (TPSA) is 49.3 Å². The molecule has 0 aliphatic carbocycles. The van der Waals surface area contributed by atoms with Crippen molar-refractivity contribution in [1.82, 2.24) is 5.32 Å². The van der Waals surface area contributed by atoms with E-state index in [-0.39, 0.29) is 18.6 Å². The van der Waals surface area contributed by atoms with E-state index in [2.05, 4.69) is 36.5 Å². The highest BCUT2D eigenvalue weighted by Crippen LogP contribution is 2.17. The molecule has 0 aromatic heterocycles. The molecule has 1 rings (SSSR count). The van der Waals surface area contributed by atoms with Gasteiger partial charge in [0.2, 0.25) is 5.91 Å². The molecule has 0 spiro atoms. The minimum Gasteiger partial charge on any atom is -0.396 e. The smallest absolute Gasteiger partial charge is 0.220 e. The molecule has 2 N–H and O–H groups in total.